The smallest absolute Gasteiger partial charge is 0.293 e. The summed E-state index contributed by atoms with van der Waals surface area (Å²) in [5.74, 6) is 0.813. The molecule has 0 aromatic heterocycles. The van der Waals surface area contributed by atoms with Crippen LogP contribution in [0.2, 0.25) is 0 Å². The number of hydrogen-bond acceptors (Lipinski definition) is 4. The average Bonchev–Trinajstić information content (AvgIpc) is 3.28. The van der Waals surface area contributed by atoms with Crippen LogP contribution in [-0.4, -0.2) is 17.8 Å². The zero-order valence-electron chi connectivity index (χ0n) is 10.6. The van der Waals surface area contributed by atoms with Crippen molar-refractivity contribution in [3.63, 3.8) is 0 Å². The van der Waals surface area contributed by atoms with Crippen molar-refractivity contribution < 1.29 is 9.72 Å². The van der Waals surface area contributed by atoms with Crippen LogP contribution in [0.1, 0.15) is 36.0 Å². The van der Waals surface area contributed by atoms with Crippen molar-refractivity contribution in [1.82, 2.24) is 0 Å². The van der Waals surface area contributed by atoms with Gasteiger partial charge in [0.05, 0.1) is 4.92 Å². The van der Waals surface area contributed by atoms with Crippen LogP contribution in [0.4, 0.5) is 11.4 Å². The van der Waals surface area contributed by atoms with E-state index in [-0.39, 0.29) is 5.69 Å². The molecule has 2 saturated carbocycles. The van der Waals surface area contributed by atoms with E-state index in [1.54, 1.807) is 12.1 Å². The van der Waals surface area contributed by atoms with Gasteiger partial charge in [-0.05, 0) is 49.1 Å². The number of benzene rings is 1. The minimum atomic E-state index is -0.438. The average molecular weight is 260 g/mol. The molecule has 1 aromatic rings. The monoisotopic (exact) mass is 260 g/mol. The van der Waals surface area contributed by atoms with E-state index in [9.17, 15) is 14.9 Å². The Labute approximate surface area is 111 Å². The molecule has 3 rings (SSSR count). The van der Waals surface area contributed by atoms with Crippen molar-refractivity contribution in [1.29, 1.82) is 0 Å². The lowest BCUT2D eigenvalue weighted by Gasteiger charge is -2.16. The highest BCUT2D eigenvalue weighted by atomic mass is 16.6. The molecule has 0 unspecified atom stereocenters. The van der Waals surface area contributed by atoms with Gasteiger partial charge >= 0.3 is 0 Å². The molecule has 2 aliphatic rings. The number of aldehydes is 1. The number of nitrogens with one attached hydrogen (secondary N) is 1. The Kier molecular flexibility index (Phi) is 2.77. The predicted molar refractivity (Wildman–Crippen MR) is 71.4 cm³/mol. The first-order valence-corrected chi connectivity index (χ1v) is 6.62. The standard InChI is InChI=1S/C14H16N2O3/c17-8-10-1-4-12(13(7-10)16(18)19)15-9-14(5-6-14)11-2-3-11/h1,4,7-8,11,15H,2-3,5-6,9H2. The maximum absolute atomic E-state index is 11.0. The van der Waals surface area contributed by atoms with Gasteiger partial charge in [-0.3, -0.25) is 14.9 Å². The number of rotatable bonds is 6. The number of nitro groups is 1. The van der Waals surface area contributed by atoms with E-state index >= 15 is 0 Å². The molecule has 1 aromatic carbocycles. The number of carbonyl (C=O) groups excluding carboxylic acids is 1. The summed E-state index contributed by atoms with van der Waals surface area (Å²) in [6, 6.07) is 4.57. The maximum Gasteiger partial charge on any atom is 0.293 e. The fourth-order valence-corrected chi connectivity index (χ4v) is 2.78. The fraction of sp³-hybridized carbons (Fsp3) is 0.500. The van der Waals surface area contributed by atoms with Crippen molar-refractivity contribution in [2.75, 3.05) is 11.9 Å². The number of nitrogens with zero attached hydrogens (tertiary/aromatic N) is 1. The van der Waals surface area contributed by atoms with Crippen LogP contribution in [-0.2, 0) is 0 Å². The van der Waals surface area contributed by atoms with Gasteiger partial charge in [0.2, 0.25) is 0 Å². The molecule has 2 aliphatic carbocycles. The van der Waals surface area contributed by atoms with Crippen LogP contribution in [0.15, 0.2) is 18.2 Å². The molecule has 0 heterocycles. The third-order valence-corrected chi connectivity index (χ3v) is 4.32. The highest BCUT2D eigenvalue weighted by molar-refractivity contribution is 5.79. The molecule has 19 heavy (non-hydrogen) atoms. The Morgan fingerprint density at radius 3 is 2.68 bits per heavy atom. The second kappa shape index (κ2) is 4.33. The quantitative estimate of drug-likeness (QED) is 0.485. The van der Waals surface area contributed by atoms with Crippen LogP contribution in [0.5, 0.6) is 0 Å². The third-order valence-electron chi connectivity index (χ3n) is 4.32. The van der Waals surface area contributed by atoms with Gasteiger partial charge in [0.25, 0.3) is 5.69 Å². The molecule has 0 aliphatic heterocycles. The predicted octanol–water partition coefficient (Wildman–Crippen LogP) is 3.01. The van der Waals surface area contributed by atoms with E-state index in [4.69, 9.17) is 0 Å². The first kappa shape index (κ1) is 12.1. The first-order chi connectivity index (χ1) is 9.14. The summed E-state index contributed by atoms with van der Waals surface area (Å²) in [6.07, 6.45) is 5.68. The molecule has 2 fully saturated rings. The van der Waals surface area contributed by atoms with Crippen LogP contribution in [0.25, 0.3) is 0 Å². The van der Waals surface area contributed by atoms with E-state index in [1.165, 1.54) is 31.7 Å². The molecular formula is C14H16N2O3. The fourth-order valence-electron chi connectivity index (χ4n) is 2.78. The van der Waals surface area contributed by atoms with Gasteiger partial charge in [0.1, 0.15) is 12.0 Å². The number of carbonyl (C=O) groups is 1. The van der Waals surface area contributed by atoms with E-state index in [0.717, 1.165) is 12.5 Å². The van der Waals surface area contributed by atoms with Gasteiger partial charge < -0.3 is 5.32 Å². The van der Waals surface area contributed by atoms with Gasteiger partial charge in [0, 0.05) is 18.2 Å². The Bertz CT molecular complexity index is 533. The molecule has 0 radical (unpaired) electrons. The second-order valence-corrected chi connectivity index (χ2v) is 5.64. The van der Waals surface area contributed by atoms with Gasteiger partial charge in [0.15, 0.2) is 0 Å². The summed E-state index contributed by atoms with van der Waals surface area (Å²) in [6.45, 7) is 0.805. The summed E-state index contributed by atoms with van der Waals surface area (Å²) < 4.78 is 0. The lowest BCUT2D eigenvalue weighted by molar-refractivity contribution is -0.384. The largest absolute Gasteiger partial charge is 0.379 e. The molecule has 5 nitrogen and oxygen atoms in total. The molecule has 0 saturated heterocycles. The summed E-state index contributed by atoms with van der Waals surface area (Å²) >= 11 is 0. The van der Waals surface area contributed by atoms with Crippen LogP contribution < -0.4 is 5.32 Å². The van der Waals surface area contributed by atoms with Gasteiger partial charge in [-0.2, -0.15) is 0 Å². The highest BCUT2D eigenvalue weighted by Crippen LogP contribution is 2.61. The number of nitro benzene ring substituents is 1. The van der Waals surface area contributed by atoms with E-state index in [2.05, 4.69) is 5.32 Å². The lowest BCUT2D eigenvalue weighted by Crippen LogP contribution is -2.18. The zero-order valence-corrected chi connectivity index (χ0v) is 10.6. The van der Waals surface area contributed by atoms with Gasteiger partial charge in [-0.1, -0.05) is 0 Å². The number of hydrogen-bond donors (Lipinski definition) is 1. The molecule has 100 valence electrons. The Balaban J connectivity index is 1.76. The van der Waals surface area contributed by atoms with Crippen molar-refractivity contribution in [3.05, 3.63) is 33.9 Å². The lowest BCUT2D eigenvalue weighted by atomic mass is 10.0. The van der Waals surface area contributed by atoms with Crippen molar-refractivity contribution in [3.8, 4) is 0 Å². The molecule has 0 atom stereocenters. The Morgan fingerprint density at radius 2 is 2.16 bits per heavy atom. The third kappa shape index (κ3) is 2.32. The van der Waals surface area contributed by atoms with Crippen molar-refractivity contribution >= 4 is 17.7 Å². The van der Waals surface area contributed by atoms with Crippen molar-refractivity contribution in [2.45, 2.75) is 25.7 Å². The van der Waals surface area contributed by atoms with E-state index in [1.807, 2.05) is 0 Å². The topological polar surface area (TPSA) is 72.2 Å². The summed E-state index contributed by atoms with van der Waals surface area (Å²) in [7, 11) is 0. The summed E-state index contributed by atoms with van der Waals surface area (Å²) in [5.41, 5.74) is 1.22. The van der Waals surface area contributed by atoms with Gasteiger partial charge in [-0.25, -0.2) is 0 Å². The normalized spacial score (nSPS) is 19.8. The summed E-state index contributed by atoms with van der Waals surface area (Å²) in [4.78, 5) is 21.3. The Morgan fingerprint density at radius 1 is 1.42 bits per heavy atom. The Hall–Kier alpha value is -1.91. The summed E-state index contributed by atoms with van der Waals surface area (Å²) in [5, 5.41) is 14.2. The maximum atomic E-state index is 11.0. The molecule has 1 N–H and O–H groups in total. The molecular weight excluding hydrogens is 244 g/mol. The number of anilines is 1. The van der Waals surface area contributed by atoms with Crippen LogP contribution >= 0.6 is 0 Å². The second-order valence-electron chi connectivity index (χ2n) is 5.64. The molecule has 0 bridgehead atoms. The van der Waals surface area contributed by atoms with Crippen LogP contribution in [0.3, 0.4) is 0 Å². The molecule has 0 amide bonds. The van der Waals surface area contributed by atoms with E-state index < -0.39 is 4.92 Å². The first-order valence-electron chi connectivity index (χ1n) is 6.62. The van der Waals surface area contributed by atoms with Gasteiger partial charge in [-0.15, -0.1) is 0 Å². The van der Waals surface area contributed by atoms with E-state index in [0.29, 0.717) is 23.0 Å². The highest BCUT2D eigenvalue weighted by Gasteiger charge is 2.53. The van der Waals surface area contributed by atoms with Crippen LogP contribution in [0, 0.1) is 21.4 Å². The minimum Gasteiger partial charge on any atom is -0.379 e. The zero-order chi connectivity index (χ0) is 13.5. The minimum absolute atomic E-state index is 0.0174. The SMILES string of the molecule is O=Cc1ccc(NCC2(C3CC3)CC2)c([N+](=O)[O-])c1. The molecule has 5 heteroatoms. The van der Waals surface area contributed by atoms with Crippen molar-refractivity contribution in [2.24, 2.45) is 11.3 Å². The molecule has 0 spiro atoms.